The lowest BCUT2D eigenvalue weighted by Crippen LogP contribution is -1.90. The SMILES string of the molecule is Cc1cccc(C(=Cc2ccc(-c3ccc(C=C(c4ccccc4)c4cccc(C)c4)cc3)cc2)c2ccccc2)c1. The zero-order chi connectivity index (χ0) is 28.7. The second-order valence-corrected chi connectivity index (χ2v) is 10.8. The highest BCUT2D eigenvalue weighted by atomic mass is 14.1. The molecule has 6 aromatic rings. The minimum absolute atomic E-state index is 1.18. The molecule has 0 aliphatic carbocycles. The van der Waals surface area contributed by atoms with Crippen molar-refractivity contribution in [2.75, 3.05) is 0 Å². The van der Waals surface area contributed by atoms with E-state index in [1.54, 1.807) is 0 Å². The van der Waals surface area contributed by atoms with Crippen molar-refractivity contribution >= 4 is 23.3 Å². The molecule has 6 aromatic carbocycles. The van der Waals surface area contributed by atoms with Crippen LogP contribution in [-0.4, -0.2) is 0 Å². The van der Waals surface area contributed by atoms with E-state index in [2.05, 4.69) is 184 Å². The minimum Gasteiger partial charge on any atom is -0.0622 e. The van der Waals surface area contributed by atoms with Crippen LogP contribution in [-0.2, 0) is 0 Å². The van der Waals surface area contributed by atoms with E-state index in [0.29, 0.717) is 0 Å². The summed E-state index contributed by atoms with van der Waals surface area (Å²) in [6.07, 6.45) is 4.58. The highest BCUT2D eigenvalue weighted by molar-refractivity contribution is 5.93. The number of rotatable bonds is 7. The molecule has 0 bridgehead atoms. The Bertz CT molecular complexity index is 1700. The second-order valence-electron chi connectivity index (χ2n) is 10.8. The minimum atomic E-state index is 1.18. The molecule has 0 fully saturated rings. The summed E-state index contributed by atoms with van der Waals surface area (Å²) in [5.74, 6) is 0. The lowest BCUT2D eigenvalue weighted by Gasteiger charge is -2.11. The van der Waals surface area contributed by atoms with Crippen LogP contribution >= 0.6 is 0 Å². The van der Waals surface area contributed by atoms with Crippen LogP contribution in [0.4, 0.5) is 0 Å². The van der Waals surface area contributed by atoms with Crippen molar-refractivity contribution in [2.24, 2.45) is 0 Å². The standard InChI is InChI=1S/C42H34/c1-31-11-9-17-39(27-31)41(37-13-5-3-6-14-37)29-33-19-23-35(24-20-33)36-25-21-34(22-26-36)30-42(38-15-7-4-8-16-38)40-18-10-12-32(2)28-40/h3-30H,1-2H3. The fraction of sp³-hybridized carbons (Fsp3) is 0.0476. The van der Waals surface area contributed by atoms with Crippen LogP contribution in [0.2, 0.25) is 0 Å². The van der Waals surface area contributed by atoms with E-state index in [1.165, 1.54) is 66.8 Å². The summed E-state index contributed by atoms with van der Waals surface area (Å²) in [7, 11) is 0. The Labute approximate surface area is 250 Å². The molecule has 0 aliphatic heterocycles. The third kappa shape index (κ3) is 6.40. The molecular formula is C42H34. The van der Waals surface area contributed by atoms with Crippen molar-refractivity contribution in [3.05, 3.63) is 202 Å². The van der Waals surface area contributed by atoms with Crippen LogP contribution in [0.25, 0.3) is 34.4 Å². The molecule has 202 valence electrons. The fourth-order valence-corrected chi connectivity index (χ4v) is 5.40. The monoisotopic (exact) mass is 538 g/mol. The molecule has 0 saturated heterocycles. The van der Waals surface area contributed by atoms with E-state index in [4.69, 9.17) is 0 Å². The lowest BCUT2D eigenvalue weighted by atomic mass is 9.93. The van der Waals surface area contributed by atoms with Crippen LogP contribution in [0.5, 0.6) is 0 Å². The van der Waals surface area contributed by atoms with Crippen LogP contribution in [0, 0.1) is 13.8 Å². The van der Waals surface area contributed by atoms with E-state index >= 15 is 0 Å². The maximum atomic E-state index is 2.29. The summed E-state index contributed by atoms with van der Waals surface area (Å²) in [6, 6.07) is 56.5. The van der Waals surface area contributed by atoms with Crippen molar-refractivity contribution in [3.63, 3.8) is 0 Å². The molecule has 0 heteroatoms. The molecule has 0 saturated carbocycles. The largest absolute Gasteiger partial charge is 0.0622 e. The molecule has 0 atom stereocenters. The first-order valence-corrected chi connectivity index (χ1v) is 14.5. The van der Waals surface area contributed by atoms with Crippen LogP contribution in [0.15, 0.2) is 158 Å². The molecule has 0 radical (unpaired) electrons. The third-order valence-corrected chi connectivity index (χ3v) is 7.60. The Kier molecular flexibility index (Phi) is 8.06. The normalized spacial score (nSPS) is 11.9. The van der Waals surface area contributed by atoms with Crippen LogP contribution < -0.4 is 0 Å². The van der Waals surface area contributed by atoms with Gasteiger partial charge in [-0.05, 0) is 81.7 Å². The van der Waals surface area contributed by atoms with Gasteiger partial charge in [0.2, 0.25) is 0 Å². The number of hydrogen-bond acceptors (Lipinski definition) is 0. The van der Waals surface area contributed by atoms with Crippen molar-refractivity contribution in [3.8, 4) is 11.1 Å². The predicted molar refractivity (Wildman–Crippen MR) is 181 cm³/mol. The lowest BCUT2D eigenvalue weighted by molar-refractivity contribution is 1.44. The Morgan fingerprint density at radius 1 is 0.357 bits per heavy atom. The highest BCUT2D eigenvalue weighted by Crippen LogP contribution is 2.30. The summed E-state index contributed by atoms with van der Waals surface area (Å²) >= 11 is 0. The second kappa shape index (κ2) is 12.5. The molecule has 0 spiro atoms. The Hall–Kier alpha value is -5.20. The van der Waals surface area contributed by atoms with Gasteiger partial charge >= 0.3 is 0 Å². The van der Waals surface area contributed by atoms with E-state index < -0.39 is 0 Å². The third-order valence-electron chi connectivity index (χ3n) is 7.60. The number of aryl methyl sites for hydroxylation is 2. The van der Waals surface area contributed by atoms with Gasteiger partial charge in [0.1, 0.15) is 0 Å². The van der Waals surface area contributed by atoms with Gasteiger partial charge in [-0.1, -0.05) is 169 Å². The zero-order valence-electron chi connectivity index (χ0n) is 24.2. The van der Waals surface area contributed by atoms with Crippen LogP contribution in [0.3, 0.4) is 0 Å². The first kappa shape index (κ1) is 27.0. The quantitative estimate of drug-likeness (QED) is 0.177. The Morgan fingerprint density at radius 2 is 0.714 bits per heavy atom. The van der Waals surface area contributed by atoms with Crippen LogP contribution in [0.1, 0.15) is 44.5 Å². The summed E-state index contributed by atoms with van der Waals surface area (Å²) < 4.78 is 0. The smallest absolute Gasteiger partial charge is 0.0105 e. The molecule has 0 unspecified atom stereocenters. The molecule has 42 heavy (non-hydrogen) atoms. The molecule has 0 N–H and O–H groups in total. The van der Waals surface area contributed by atoms with E-state index in [9.17, 15) is 0 Å². The fourth-order valence-electron chi connectivity index (χ4n) is 5.40. The molecule has 0 heterocycles. The first-order valence-electron chi connectivity index (χ1n) is 14.5. The number of hydrogen-bond donors (Lipinski definition) is 0. The van der Waals surface area contributed by atoms with Crippen molar-refractivity contribution in [1.82, 2.24) is 0 Å². The predicted octanol–water partition coefficient (Wildman–Crippen LogP) is 11.1. The van der Waals surface area contributed by atoms with Gasteiger partial charge in [-0.25, -0.2) is 0 Å². The molecular weight excluding hydrogens is 504 g/mol. The van der Waals surface area contributed by atoms with Gasteiger partial charge in [0.15, 0.2) is 0 Å². The molecule has 0 amide bonds. The van der Waals surface area contributed by atoms with Gasteiger partial charge in [-0.2, -0.15) is 0 Å². The van der Waals surface area contributed by atoms with Gasteiger partial charge in [-0.15, -0.1) is 0 Å². The molecule has 6 rings (SSSR count). The van der Waals surface area contributed by atoms with Gasteiger partial charge in [0.25, 0.3) is 0 Å². The Morgan fingerprint density at radius 3 is 1.07 bits per heavy atom. The summed E-state index contributed by atoms with van der Waals surface area (Å²) in [4.78, 5) is 0. The summed E-state index contributed by atoms with van der Waals surface area (Å²) in [5.41, 5.74) is 14.7. The van der Waals surface area contributed by atoms with Gasteiger partial charge in [0, 0.05) is 0 Å². The van der Waals surface area contributed by atoms with Gasteiger partial charge < -0.3 is 0 Å². The van der Waals surface area contributed by atoms with Gasteiger partial charge in [0.05, 0.1) is 0 Å². The summed E-state index contributed by atoms with van der Waals surface area (Å²) in [5, 5.41) is 0. The van der Waals surface area contributed by atoms with E-state index in [0.717, 1.165) is 0 Å². The maximum Gasteiger partial charge on any atom is -0.0105 e. The molecule has 0 aliphatic rings. The zero-order valence-corrected chi connectivity index (χ0v) is 24.2. The molecule has 0 aromatic heterocycles. The average Bonchev–Trinajstić information content (AvgIpc) is 3.04. The number of benzene rings is 6. The summed E-state index contributed by atoms with van der Waals surface area (Å²) in [6.45, 7) is 4.29. The van der Waals surface area contributed by atoms with Crippen molar-refractivity contribution < 1.29 is 0 Å². The van der Waals surface area contributed by atoms with E-state index in [1.807, 2.05) is 0 Å². The van der Waals surface area contributed by atoms with Crippen molar-refractivity contribution in [2.45, 2.75) is 13.8 Å². The molecule has 0 nitrogen and oxygen atoms in total. The maximum absolute atomic E-state index is 2.29. The highest BCUT2D eigenvalue weighted by Gasteiger charge is 2.08. The Balaban J connectivity index is 1.29. The average molecular weight is 539 g/mol. The van der Waals surface area contributed by atoms with E-state index in [-0.39, 0.29) is 0 Å². The topological polar surface area (TPSA) is 0 Å². The van der Waals surface area contributed by atoms with Crippen molar-refractivity contribution in [1.29, 1.82) is 0 Å². The first-order chi connectivity index (χ1) is 20.6. The van der Waals surface area contributed by atoms with Gasteiger partial charge in [-0.3, -0.25) is 0 Å².